The van der Waals surface area contributed by atoms with Crippen LogP contribution in [0, 0.1) is 5.82 Å². The first-order valence-corrected chi connectivity index (χ1v) is 8.03. The van der Waals surface area contributed by atoms with Crippen LogP contribution in [0.25, 0.3) is 16.0 Å². The van der Waals surface area contributed by atoms with Gasteiger partial charge in [0, 0.05) is 11.6 Å². The SMILES string of the molecule is O=C(/C=C/c1ccccc1F)Nc1nnc(-c2cccs2)s1. The maximum Gasteiger partial charge on any atom is 0.250 e. The Morgan fingerprint density at radius 2 is 2.05 bits per heavy atom. The number of halogens is 1. The second-order valence-corrected chi connectivity index (χ2v) is 6.16. The zero-order valence-corrected chi connectivity index (χ0v) is 12.8. The summed E-state index contributed by atoms with van der Waals surface area (Å²) in [6.45, 7) is 0. The topological polar surface area (TPSA) is 54.9 Å². The summed E-state index contributed by atoms with van der Waals surface area (Å²) in [4.78, 5) is 12.8. The van der Waals surface area contributed by atoms with Gasteiger partial charge in [-0.2, -0.15) is 0 Å². The molecular weight excluding hydrogens is 321 g/mol. The maximum absolute atomic E-state index is 13.4. The molecule has 3 aromatic rings. The van der Waals surface area contributed by atoms with Crippen LogP contribution in [-0.2, 0) is 4.79 Å². The zero-order chi connectivity index (χ0) is 15.4. The van der Waals surface area contributed by atoms with E-state index in [1.54, 1.807) is 29.5 Å². The molecule has 1 amide bonds. The minimum atomic E-state index is -0.378. The zero-order valence-electron chi connectivity index (χ0n) is 11.2. The molecule has 22 heavy (non-hydrogen) atoms. The van der Waals surface area contributed by atoms with E-state index in [9.17, 15) is 9.18 Å². The number of nitrogens with one attached hydrogen (secondary N) is 1. The second-order valence-electron chi connectivity index (χ2n) is 4.23. The molecule has 0 aliphatic heterocycles. The van der Waals surface area contributed by atoms with Crippen molar-refractivity contribution in [3.8, 4) is 9.88 Å². The van der Waals surface area contributed by atoms with E-state index in [-0.39, 0.29) is 11.7 Å². The Hall–Kier alpha value is -2.38. The minimum Gasteiger partial charge on any atom is -0.297 e. The Morgan fingerprint density at radius 1 is 1.18 bits per heavy atom. The molecule has 110 valence electrons. The normalized spacial score (nSPS) is 11.0. The van der Waals surface area contributed by atoms with Crippen LogP contribution in [0.4, 0.5) is 9.52 Å². The number of thiophene rings is 1. The molecule has 7 heteroatoms. The van der Waals surface area contributed by atoms with Crippen LogP contribution in [-0.4, -0.2) is 16.1 Å². The van der Waals surface area contributed by atoms with E-state index >= 15 is 0 Å². The summed E-state index contributed by atoms with van der Waals surface area (Å²) >= 11 is 2.85. The second kappa shape index (κ2) is 6.59. The standard InChI is InChI=1S/C15H10FN3OS2/c16-11-5-2-1-4-10(11)7-8-13(20)17-15-19-18-14(22-15)12-6-3-9-21-12/h1-9H,(H,17,19,20)/b8-7+. The molecule has 0 fully saturated rings. The highest BCUT2D eigenvalue weighted by atomic mass is 32.1. The lowest BCUT2D eigenvalue weighted by atomic mass is 10.2. The van der Waals surface area contributed by atoms with Crippen molar-refractivity contribution in [3.63, 3.8) is 0 Å². The summed E-state index contributed by atoms with van der Waals surface area (Å²) < 4.78 is 13.4. The van der Waals surface area contributed by atoms with E-state index in [4.69, 9.17) is 0 Å². The van der Waals surface area contributed by atoms with Gasteiger partial charge in [-0.3, -0.25) is 10.1 Å². The molecule has 3 rings (SSSR count). The number of amides is 1. The minimum absolute atomic E-state index is 0.356. The van der Waals surface area contributed by atoms with Gasteiger partial charge in [-0.25, -0.2) is 4.39 Å². The molecule has 0 atom stereocenters. The van der Waals surface area contributed by atoms with E-state index in [0.29, 0.717) is 10.7 Å². The van der Waals surface area contributed by atoms with Crippen molar-refractivity contribution in [2.24, 2.45) is 0 Å². The Morgan fingerprint density at radius 3 is 2.82 bits per heavy atom. The van der Waals surface area contributed by atoms with Gasteiger partial charge in [0.2, 0.25) is 11.0 Å². The first-order valence-electron chi connectivity index (χ1n) is 6.33. The highest BCUT2D eigenvalue weighted by molar-refractivity contribution is 7.23. The molecule has 0 saturated heterocycles. The van der Waals surface area contributed by atoms with Crippen LogP contribution in [0.15, 0.2) is 47.9 Å². The predicted molar refractivity (Wildman–Crippen MR) is 87.3 cm³/mol. The number of aromatic nitrogens is 2. The molecule has 1 N–H and O–H groups in total. The summed E-state index contributed by atoms with van der Waals surface area (Å²) in [6.07, 6.45) is 2.69. The summed E-state index contributed by atoms with van der Waals surface area (Å²) in [5.41, 5.74) is 0.356. The van der Waals surface area contributed by atoms with Crippen LogP contribution >= 0.6 is 22.7 Å². The summed E-state index contributed by atoms with van der Waals surface area (Å²) in [5, 5.41) is 13.7. The van der Waals surface area contributed by atoms with E-state index < -0.39 is 0 Å². The highest BCUT2D eigenvalue weighted by Crippen LogP contribution is 2.29. The van der Waals surface area contributed by atoms with Gasteiger partial charge in [0.05, 0.1) is 4.88 Å². The third-order valence-electron chi connectivity index (χ3n) is 2.71. The van der Waals surface area contributed by atoms with Crippen LogP contribution in [0.3, 0.4) is 0 Å². The molecule has 1 aromatic carbocycles. The van der Waals surface area contributed by atoms with Crippen molar-refractivity contribution in [1.29, 1.82) is 0 Å². The van der Waals surface area contributed by atoms with Crippen molar-refractivity contribution in [3.05, 3.63) is 59.2 Å². The Labute approximate surface area is 134 Å². The Kier molecular flexibility index (Phi) is 4.36. The van der Waals surface area contributed by atoms with E-state index in [0.717, 1.165) is 9.88 Å². The average Bonchev–Trinajstić information content (AvgIpc) is 3.17. The van der Waals surface area contributed by atoms with E-state index in [1.807, 2.05) is 17.5 Å². The number of carbonyl (C=O) groups is 1. The average molecular weight is 331 g/mol. The van der Waals surface area contributed by atoms with E-state index in [2.05, 4.69) is 15.5 Å². The molecule has 0 spiro atoms. The summed E-state index contributed by atoms with van der Waals surface area (Å²) in [7, 11) is 0. The van der Waals surface area contributed by atoms with Crippen molar-refractivity contribution >= 4 is 39.8 Å². The van der Waals surface area contributed by atoms with Crippen molar-refractivity contribution in [2.75, 3.05) is 5.32 Å². The number of hydrogen-bond acceptors (Lipinski definition) is 5. The van der Waals surface area contributed by atoms with Crippen molar-refractivity contribution in [2.45, 2.75) is 0 Å². The highest BCUT2D eigenvalue weighted by Gasteiger charge is 2.08. The molecule has 0 radical (unpaired) electrons. The molecule has 2 aromatic heterocycles. The number of benzene rings is 1. The van der Waals surface area contributed by atoms with E-state index in [1.165, 1.54) is 29.6 Å². The molecular formula is C15H10FN3OS2. The molecule has 0 saturated carbocycles. The van der Waals surface area contributed by atoms with Gasteiger partial charge in [-0.15, -0.1) is 21.5 Å². The molecule has 0 bridgehead atoms. The lowest BCUT2D eigenvalue weighted by Crippen LogP contribution is -2.07. The summed E-state index contributed by atoms with van der Waals surface area (Å²) in [5.74, 6) is -0.750. The van der Waals surface area contributed by atoms with Crippen LogP contribution < -0.4 is 5.32 Å². The fourth-order valence-electron chi connectivity index (χ4n) is 1.70. The number of hydrogen-bond donors (Lipinski definition) is 1. The molecule has 4 nitrogen and oxygen atoms in total. The van der Waals surface area contributed by atoms with Crippen molar-refractivity contribution < 1.29 is 9.18 Å². The Balaban J connectivity index is 1.66. The Bertz CT molecular complexity index is 812. The molecule has 0 aliphatic rings. The van der Waals surface area contributed by atoms with Gasteiger partial charge in [0.15, 0.2) is 5.01 Å². The fraction of sp³-hybridized carbons (Fsp3) is 0. The number of anilines is 1. The van der Waals surface area contributed by atoms with Gasteiger partial charge < -0.3 is 0 Å². The molecule has 2 heterocycles. The van der Waals surface area contributed by atoms with Crippen LogP contribution in [0.2, 0.25) is 0 Å². The first-order chi connectivity index (χ1) is 10.7. The fourth-order valence-corrected chi connectivity index (χ4v) is 3.23. The lowest BCUT2D eigenvalue weighted by Gasteiger charge is -1.96. The number of rotatable bonds is 4. The molecule has 0 aliphatic carbocycles. The maximum atomic E-state index is 13.4. The summed E-state index contributed by atoms with van der Waals surface area (Å²) in [6, 6.07) is 10.1. The quantitative estimate of drug-likeness (QED) is 0.734. The van der Waals surface area contributed by atoms with Gasteiger partial charge in [-0.1, -0.05) is 35.6 Å². The van der Waals surface area contributed by atoms with Crippen LogP contribution in [0.1, 0.15) is 5.56 Å². The lowest BCUT2D eigenvalue weighted by molar-refractivity contribution is -0.111. The third-order valence-corrected chi connectivity index (χ3v) is 4.58. The largest absolute Gasteiger partial charge is 0.297 e. The predicted octanol–water partition coefficient (Wildman–Crippen LogP) is 4.06. The monoisotopic (exact) mass is 331 g/mol. The van der Waals surface area contributed by atoms with Crippen LogP contribution in [0.5, 0.6) is 0 Å². The smallest absolute Gasteiger partial charge is 0.250 e. The molecule has 0 unspecified atom stereocenters. The number of carbonyl (C=O) groups excluding carboxylic acids is 1. The van der Waals surface area contributed by atoms with Gasteiger partial charge in [-0.05, 0) is 23.6 Å². The van der Waals surface area contributed by atoms with Gasteiger partial charge in [0.25, 0.3) is 0 Å². The van der Waals surface area contributed by atoms with Gasteiger partial charge >= 0.3 is 0 Å². The first kappa shape index (κ1) is 14.6. The third kappa shape index (κ3) is 3.44. The van der Waals surface area contributed by atoms with Crippen molar-refractivity contribution in [1.82, 2.24) is 10.2 Å². The number of nitrogens with zero attached hydrogens (tertiary/aromatic N) is 2. The van der Waals surface area contributed by atoms with Gasteiger partial charge in [0.1, 0.15) is 5.82 Å².